The molecular weight excluding hydrogens is 369 g/mol. The maximum absolute atomic E-state index is 13.2. The highest BCUT2D eigenvalue weighted by Crippen LogP contribution is 2.16. The maximum Gasteiger partial charge on any atom is 0.254 e. The van der Waals surface area contributed by atoms with E-state index in [1.165, 1.54) is 24.3 Å². The normalized spacial score (nSPS) is 10.9. The summed E-state index contributed by atoms with van der Waals surface area (Å²) >= 11 is 0. The lowest BCUT2D eigenvalue weighted by Crippen LogP contribution is -2.34. The van der Waals surface area contributed by atoms with E-state index in [1.54, 1.807) is 18.2 Å². The summed E-state index contributed by atoms with van der Waals surface area (Å²) in [6, 6.07) is 13.5. The van der Waals surface area contributed by atoms with Gasteiger partial charge in [0.2, 0.25) is 0 Å². The molecule has 5 nitrogen and oxygen atoms in total. The molecular formula is C23H26FN3O2. The highest BCUT2D eigenvalue weighted by Gasteiger charge is 2.19. The molecule has 3 rings (SSSR count). The number of hydrogen-bond donors (Lipinski definition) is 0. The Labute approximate surface area is 170 Å². The number of aromatic nitrogens is 2. The van der Waals surface area contributed by atoms with E-state index < -0.39 is 0 Å². The molecule has 0 unspecified atom stereocenters. The minimum Gasteiger partial charge on any atom is -0.497 e. The van der Waals surface area contributed by atoms with Crippen LogP contribution in [0.15, 0.2) is 60.9 Å². The average Bonchev–Trinajstić information content (AvgIpc) is 3.14. The van der Waals surface area contributed by atoms with Crippen molar-refractivity contribution >= 4 is 5.91 Å². The van der Waals surface area contributed by atoms with Gasteiger partial charge < -0.3 is 14.2 Å². The molecule has 1 amide bonds. The predicted molar refractivity (Wildman–Crippen MR) is 110 cm³/mol. The Kier molecular flexibility index (Phi) is 6.65. The molecule has 0 saturated carbocycles. The molecule has 152 valence electrons. The molecule has 0 aliphatic rings. The molecule has 0 N–H and O–H groups in total. The lowest BCUT2D eigenvalue weighted by molar-refractivity contribution is 0.0716. The van der Waals surface area contributed by atoms with Crippen LogP contribution in [0, 0.1) is 11.7 Å². The van der Waals surface area contributed by atoms with Crippen LogP contribution in [0.4, 0.5) is 4.39 Å². The van der Waals surface area contributed by atoms with Crippen molar-refractivity contribution in [3.8, 4) is 5.75 Å². The fraction of sp³-hybridized carbons (Fsp3) is 0.304. The van der Waals surface area contributed by atoms with Crippen LogP contribution in [0.5, 0.6) is 5.75 Å². The van der Waals surface area contributed by atoms with Gasteiger partial charge in [0.05, 0.1) is 13.7 Å². The number of nitrogens with zero attached hydrogens (tertiary/aromatic N) is 3. The molecule has 0 fully saturated rings. The quantitative estimate of drug-likeness (QED) is 0.569. The topological polar surface area (TPSA) is 47.4 Å². The molecule has 3 aromatic rings. The van der Waals surface area contributed by atoms with Crippen LogP contribution >= 0.6 is 0 Å². The first kappa shape index (κ1) is 20.6. The minimum atomic E-state index is -0.356. The van der Waals surface area contributed by atoms with Crippen LogP contribution in [0.25, 0.3) is 0 Å². The van der Waals surface area contributed by atoms with E-state index in [0.717, 1.165) is 17.1 Å². The zero-order chi connectivity index (χ0) is 20.8. The third kappa shape index (κ3) is 5.44. The summed E-state index contributed by atoms with van der Waals surface area (Å²) in [6.45, 7) is 5.72. The smallest absolute Gasteiger partial charge is 0.254 e. The van der Waals surface area contributed by atoms with Crippen molar-refractivity contribution in [2.75, 3.05) is 13.7 Å². The second-order valence-electron chi connectivity index (χ2n) is 7.41. The zero-order valence-electron chi connectivity index (χ0n) is 17.0. The fourth-order valence-electron chi connectivity index (χ4n) is 3.21. The summed E-state index contributed by atoms with van der Waals surface area (Å²) in [7, 11) is 1.65. The number of carbonyl (C=O) groups excluding carboxylic acids is 1. The third-order valence-electron chi connectivity index (χ3n) is 4.58. The lowest BCUT2D eigenvalue weighted by atomic mass is 10.1. The SMILES string of the molecule is COc1cccc(Cn2ccnc2CN(CC(C)C)C(=O)c2ccc(F)cc2)c1. The van der Waals surface area contributed by atoms with Crippen LogP contribution in [0.2, 0.25) is 0 Å². The molecule has 0 spiro atoms. The number of halogens is 1. The van der Waals surface area contributed by atoms with Crippen molar-refractivity contribution in [3.05, 3.63) is 83.7 Å². The van der Waals surface area contributed by atoms with E-state index in [9.17, 15) is 9.18 Å². The lowest BCUT2D eigenvalue weighted by Gasteiger charge is -2.25. The highest BCUT2D eigenvalue weighted by atomic mass is 19.1. The van der Waals surface area contributed by atoms with Gasteiger partial charge in [0, 0.05) is 31.0 Å². The van der Waals surface area contributed by atoms with Gasteiger partial charge in [0.15, 0.2) is 0 Å². The predicted octanol–water partition coefficient (Wildman–Crippen LogP) is 4.38. The second kappa shape index (κ2) is 9.37. The van der Waals surface area contributed by atoms with E-state index in [0.29, 0.717) is 31.1 Å². The minimum absolute atomic E-state index is 0.130. The number of benzene rings is 2. The number of hydrogen-bond acceptors (Lipinski definition) is 3. The number of rotatable bonds is 8. The number of methoxy groups -OCH3 is 1. The molecule has 0 atom stereocenters. The van der Waals surface area contributed by atoms with Gasteiger partial charge in [-0.15, -0.1) is 0 Å². The number of imidazole rings is 1. The van der Waals surface area contributed by atoms with Crippen LogP contribution in [0.1, 0.15) is 35.6 Å². The largest absolute Gasteiger partial charge is 0.497 e. The van der Waals surface area contributed by atoms with Crippen molar-refractivity contribution in [1.82, 2.24) is 14.5 Å². The van der Waals surface area contributed by atoms with E-state index in [4.69, 9.17) is 4.74 Å². The first-order valence-electron chi connectivity index (χ1n) is 9.64. The first-order chi connectivity index (χ1) is 14.0. The molecule has 0 bridgehead atoms. The van der Waals surface area contributed by atoms with Crippen LogP contribution in [-0.4, -0.2) is 34.0 Å². The zero-order valence-corrected chi connectivity index (χ0v) is 17.0. The van der Waals surface area contributed by atoms with Crippen LogP contribution < -0.4 is 4.74 Å². The van der Waals surface area contributed by atoms with Crippen molar-refractivity contribution in [1.29, 1.82) is 0 Å². The Morgan fingerprint density at radius 1 is 1.21 bits per heavy atom. The number of carbonyl (C=O) groups is 1. The van der Waals surface area contributed by atoms with Crippen molar-refractivity contribution in [2.45, 2.75) is 26.9 Å². The van der Waals surface area contributed by atoms with Crippen molar-refractivity contribution in [3.63, 3.8) is 0 Å². The Morgan fingerprint density at radius 3 is 2.66 bits per heavy atom. The molecule has 0 radical (unpaired) electrons. The molecule has 0 saturated heterocycles. The Bertz CT molecular complexity index is 951. The molecule has 1 aromatic heterocycles. The Balaban J connectivity index is 1.80. The monoisotopic (exact) mass is 395 g/mol. The summed E-state index contributed by atoms with van der Waals surface area (Å²) in [5, 5.41) is 0. The summed E-state index contributed by atoms with van der Waals surface area (Å²) in [5.41, 5.74) is 1.56. The molecule has 2 aromatic carbocycles. The number of amides is 1. The molecule has 1 heterocycles. The standard InChI is InChI=1S/C23H26FN3O2/c1-17(2)14-27(23(28)19-7-9-20(24)10-8-19)16-22-25-11-12-26(22)15-18-5-4-6-21(13-18)29-3/h4-13,17H,14-16H2,1-3H3. The van der Waals surface area contributed by atoms with E-state index in [1.807, 2.05) is 35.0 Å². The third-order valence-corrected chi connectivity index (χ3v) is 4.58. The van der Waals surface area contributed by atoms with Gasteiger partial charge in [0.1, 0.15) is 17.4 Å². The van der Waals surface area contributed by atoms with Gasteiger partial charge in [-0.2, -0.15) is 0 Å². The second-order valence-corrected chi connectivity index (χ2v) is 7.41. The highest BCUT2D eigenvalue weighted by molar-refractivity contribution is 5.94. The molecule has 6 heteroatoms. The van der Waals surface area contributed by atoms with Gasteiger partial charge in [0.25, 0.3) is 5.91 Å². The Hall–Kier alpha value is -3.15. The Morgan fingerprint density at radius 2 is 1.97 bits per heavy atom. The van der Waals surface area contributed by atoms with E-state index >= 15 is 0 Å². The summed E-state index contributed by atoms with van der Waals surface area (Å²) in [5.74, 6) is 1.41. The van der Waals surface area contributed by atoms with Gasteiger partial charge >= 0.3 is 0 Å². The summed E-state index contributed by atoms with van der Waals surface area (Å²) in [6.07, 6.45) is 3.65. The van der Waals surface area contributed by atoms with E-state index in [2.05, 4.69) is 18.8 Å². The number of ether oxygens (including phenoxy) is 1. The average molecular weight is 395 g/mol. The van der Waals surface area contributed by atoms with Crippen molar-refractivity contribution in [2.24, 2.45) is 5.92 Å². The summed E-state index contributed by atoms with van der Waals surface area (Å²) < 4.78 is 20.6. The first-order valence-corrected chi connectivity index (χ1v) is 9.64. The van der Waals surface area contributed by atoms with Crippen LogP contribution in [0.3, 0.4) is 0 Å². The van der Waals surface area contributed by atoms with E-state index in [-0.39, 0.29) is 11.7 Å². The molecule has 29 heavy (non-hydrogen) atoms. The molecule has 0 aliphatic heterocycles. The fourth-order valence-corrected chi connectivity index (χ4v) is 3.21. The van der Waals surface area contributed by atoms with Crippen molar-refractivity contribution < 1.29 is 13.9 Å². The van der Waals surface area contributed by atoms with Gasteiger partial charge in [-0.3, -0.25) is 4.79 Å². The summed E-state index contributed by atoms with van der Waals surface area (Å²) in [4.78, 5) is 19.3. The maximum atomic E-state index is 13.2. The van der Waals surface area contributed by atoms with Gasteiger partial charge in [-0.25, -0.2) is 9.37 Å². The molecule has 0 aliphatic carbocycles. The van der Waals surface area contributed by atoms with Gasteiger partial charge in [-0.1, -0.05) is 26.0 Å². The van der Waals surface area contributed by atoms with Crippen LogP contribution in [-0.2, 0) is 13.1 Å². The van der Waals surface area contributed by atoms with Gasteiger partial charge in [-0.05, 0) is 47.9 Å².